The molecule has 6 aromatic rings. The summed E-state index contributed by atoms with van der Waals surface area (Å²) < 4.78 is 7.91. The molecule has 302 valence electrons. The van der Waals surface area contributed by atoms with Crippen LogP contribution in [0.3, 0.4) is 0 Å². The molecule has 60 heavy (non-hydrogen) atoms. The van der Waals surface area contributed by atoms with Crippen LogP contribution in [0.1, 0.15) is 66.1 Å². The first-order valence-electron chi connectivity index (χ1n) is 19.8. The molecule has 2 aliphatic rings. The highest BCUT2D eigenvalue weighted by atomic mass is 16.7. The van der Waals surface area contributed by atoms with Crippen LogP contribution in [0.25, 0.3) is 11.1 Å². The summed E-state index contributed by atoms with van der Waals surface area (Å²) in [4.78, 5) is 76.1. The van der Waals surface area contributed by atoms with Gasteiger partial charge in [-0.15, -0.1) is 5.06 Å². The van der Waals surface area contributed by atoms with E-state index in [1.807, 2.05) is 144 Å². The van der Waals surface area contributed by atoms with E-state index >= 15 is 0 Å². The number of alkyl carbamates (subject to hydrolysis) is 1. The fourth-order valence-electron chi connectivity index (χ4n) is 8.23. The number of imidazole rings is 1. The number of rotatable bonds is 13. The van der Waals surface area contributed by atoms with Crippen LogP contribution < -0.4 is 10.6 Å². The minimum atomic E-state index is -1.75. The topological polar surface area (TPSA) is 149 Å². The molecule has 2 N–H and O–H groups in total. The Labute approximate surface area is 347 Å². The molecule has 1 fully saturated rings. The van der Waals surface area contributed by atoms with Gasteiger partial charge >= 0.3 is 12.1 Å². The third-order valence-electron chi connectivity index (χ3n) is 11.1. The van der Waals surface area contributed by atoms with Crippen molar-refractivity contribution in [2.45, 2.75) is 56.1 Å². The summed E-state index contributed by atoms with van der Waals surface area (Å²) in [6.45, 7) is 2.77. The zero-order valence-corrected chi connectivity index (χ0v) is 33.1. The third-order valence-corrected chi connectivity index (χ3v) is 11.1. The summed E-state index contributed by atoms with van der Waals surface area (Å²) in [5.41, 5.74) is 4.78. The monoisotopic (exact) mass is 801 g/mol. The van der Waals surface area contributed by atoms with Gasteiger partial charge in [0, 0.05) is 37.1 Å². The number of hydrogen-bond donors (Lipinski definition) is 2. The van der Waals surface area contributed by atoms with Gasteiger partial charge < -0.3 is 24.8 Å². The number of benzene rings is 5. The number of fused-ring (bicyclic) bond motifs is 3. The number of carbonyl (C=O) groups excluding carboxylic acids is 5. The number of imide groups is 1. The minimum absolute atomic E-state index is 0.000967. The van der Waals surface area contributed by atoms with Gasteiger partial charge in [0.05, 0.1) is 6.33 Å². The van der Waals surface area contributed by atoms with Gasteiger partial charge in [-0.3, -0.25) is 14.4 Å². The SMILES string of the molecule is CC(C)(NC(=O)[C@H](Cc1cncn1C(c1ccccc1)(c1ccccc1)c1ccccc1)NC(=O)OCC1c2ccccc2-c2ccccc21)C(=O)ON1C(=O)CCC1=O. The van der Waals surface area contributed by atoms with E-state index in [9.17, 15) is 24.0 Å². The Kier molecular flexibility index (Phi) is 10.9. The summed E-state index contributed by atoms with van der Waals surface area (Å²) in [5.74, 6) is -3.33. The van der Waals surface area contributed by atoms with E-state index in [4.69, 9.17) is 9.57 Å². The molecule has 12 nitrogen and oxygen atoms in total. The highest BCUT2D eigenvalue weighted by Crippen LogP contribution is 2.45. The van der Waals surface area contributed by atoms with E-state index in [-0.39, 0.29) is 31.8 Å². The van der Waals surface area contributed by atoms with Crippen molar-refractivity contribution in [3.63, 3.8) is 0 Å². The number of aromatic nitrogens is 2. The van der Waals surface area contributed by atoms with Crippen molar-refractivity contribution in [1.82, 2.24) is 25.2 Å². The van der Waals surface area contributed by atoms with Gasteiger partial charge in [-0.2, -0.15) is 0 Å². The normalized spacial score (nSPS) is 14.3. The number of nitrogens with one attached hydrogen (secondary N) is 2. The molecule has 5 aromatic carbocycles. The van der Waals surface area contributed by atoms with Crippen molar-refractivity contribution in [3.8, 4) is 11.1 Å². The molecule has 1 saturated heterocycles. The first-order chi connectivity index (χ1) is 29.1. The summed E-state index contributed by atoms with van der Waals surface area (Å²) >= 11 is 0. The Morgan fingerprint density at radius 3 is 1.72 bits per heavy atom. The quantitative estimate of drug-likeness (QED) is 0.0972. The van der Waals surface area contributed by atoms with Crippen molar-refractivity contribution < 1.29 is 33.5 Å². The second-order valence-electron chi connectivity index (χ2n) is 15.4. The average Bonchev–Trinajstić information content (AvgIpc) is 3.96. The van der Waals surface area contributed by atoms with Crippen LogP contribution >= 0.6 is 0 Å². The fraction of sp³-hybridized carbons (Fsp3) is 0.208. The van der Waals surface area contributed by atoms with E-state index in [0.29, 0.717) is 10.8 Å². The van der Waals surface area contributed by atoms with Gasteiger partial charge in [0.15, 0.2) is 0 Å². The lowest BCUT2D eigenvalue weighted by Gasteiger charge is -2.39. The zero-order valence-electron chi connectivity index (χ0n) is 33.1. The van der Waals surface area contributed by atoms with E-state index in [1.54, 1.807) is 12.5 Å². The molecular formula is C48H43N5O7. The predicted octanol–water partition coefficient (Wildman–Crippen LogP) is 6.68. The Morgan fingerprint density at radius 1 is 0.717 bits per heavy atom. The lowest BCUT2D eigenvalue weighted by atomic mass is 9.76. The Morgan fingerprint density at radius 2 is 1.20 bits per heavy atom. The van der Waals surface area contributed by atoms with Gasteiger partial charge in [-0.05, 0) is 52.8 Å². The molecule has 12 heteroatoms. The lowest BCUT2D eigenvalue weighted by Crippen LogP contribution is -2.58. The van der Waals surface area contributed by atoms with Gasteiger partial charge in [0.1, 0.15) is 23.7 Å². The molecule has 0 unspecified atom stereocenters. The van der Waals surface area contributed by atoms with Crippen molar-refractivity contribution in [1.29, 1.82) is 0 Å². The Balaban J connectivity index is 1.13. The summed E-state index contributed by atoms with van der Waals surface area (Å²) in [6.07, 6.45) is 2.23. The minimum Gasteiger partial charge on any atom is -0.449 e. The second-order valence-corrected chi connectivity index (χ2v) is 15.4. The van der Waals surface area contributed by atoms with Crippen molar-refractivity contribution >= 4 is 29.8 Å². The van der Waals surface area contributed by atoms with E-state index in [0.717, 1.165) is 38.9 Å². The van der Waals surface area contributed by atoms with Crippen molar-refractivity contribution in [3.05, 3.63) is 186 Å². The molecule has 1 aliphatic carbocycles. The number of hydrogen-bond acceptors (Lipinski definition) is 8. The van der Waals surface area contributed by atoms with Gasteiger partial charge in [0.25, 0.3) is 11.8 Å². The summed E-state index contributed by atoms with van der Waals surface area (Å²) in [7, 11) is 0. The fourth-order valence-corrected chi connectivity index (χ4v) is 8.23. The van der Waals surface area contributed by atoms with Crippen LogP contribution in [0.4, 0.5) is 4.79 Å². The van der Waals surface area contributed by atoms with Gasteiger partial charge in [0.2, 0.25) is 5.91 Å². The Bertz CT molecular complexity index is 2400. The molecule has 0 radical (unpaired) electrons. The molecule has 0 spiro atoms. The van der Waals surface area contributed by atoms with Crippen LogP contribution in [0.15, 0.2) is 152 Å². The van der Waals surface area contributed by atoms with Crippen LogP contribution in [0.2, 0.25) is 0 Å². The number of hydroxylamine groups is 2. The molecular weight excluding hydrogens is 759 g/mol. The van der Waals surface area contributed by atoms with E-state index < -0.39 is 46.9 Å². The highest BCUT2D eigenvalue weighted by molar-refractivity contribution is 6.02. The molecule has 8 rings (SSSR count). The van der Waals surface area contributed by atoms with Crippen LogP contribution in [-0.4, -0.2) is 62.6 Å². The standard InChI is InChI=1S/C48H43N5O7/c1-47(2,45(57)60-53-42(54)26-27-43(53)55)51-44(56)41(50-46(58)59-30-40-38-24-14-12-22-36(38)37-23-13-15-25-39(37)40)28-35-29-49-31-52(35)48(32-16-6-3-7-17-32,33-18-8-4-9-19-33)34-20-10-5-11-21-34/h3-25,29,31,40-41H,26-28,30H2,1-2H3,(H,50,58)(H,51,56)/t41-/m0/s1. The number of carbonyl (C=O) groups is 5. The van der Waals surface area contributed by atoms with Crippen LogP contribution in [0.5, 0.6) is 0 Å². The third kappa shape index (κ3) is 7.43. The van der Waals surface area contributed by atoms with Gasteiger partial charge in [-0.25, -0.2) is 14.6 Å². The van der Waals surface area contributed by atoms with E-state index in [1.165, 1.54) is 13.8 Å². The summed E-state index contributed by atoms with van der Waals surface area (Å²) in [6, 6.07) is 44.5. The largest absolute Gasteiger partial charge is 0.449 e. The van der Waals surface area contributed by atoms with Gasteiger partial charge in [-0.1, -0.05) is 140 Å². The maximum absolute atomic E-state index is 14.5. The zero-order chi connectivity index (χ0) is 41.9. The number of amides is 4. The first-order valence-corrected chi connectivity index (χ1v) is 19.8. The molecule has 1 atom stereocenters. The highest BCUT2D eigenvalue weighted by Gasteiger charge is 2.43. The number of ether oxygens (including phenoxy) is 1. The van der Waals surface area contributed by atoms with Crippen LogP contribution in [0, 0.1) is 0 Å². The molecule has 1 aromatic heterocycles. The molecule has 1 aliphatic heterocycles. The lowest BCUT2D eigenvalue weighted by molar-refractivity contribution is -0.201. The summed E-state index contributed by atoms with van der Waals surface area (Å²) in [5, 5.41) is 5.91. The van der Waals surface area contributed by atoms with Crippen molar-refractivity contribution in [2.75, 3.05) is 6.61 Å². The first kappa shape index (κ1) is 39.5. The maximum Gasteiger partial charge on any atom is 0.407 e. The molecule has 4 amide bonds. The maximum atomic E-state index is 14.5. The molecule has 0 saturated carbocycles. The molecule has 2 heterocycles. The smallest absolute Gasteiger partial charge is 0.407 e. The van der Waals surface area contributed by atoms with E-state index in [2.05, 4.69) is 15.6 Å². The second kappa shape index (κ2) is 16.5. The van der Waals surface area contributed by atoms with Crippen LogP contribution in [-0.2, 0) is 40.7 Å². The molecule has 0 bridgehead atoms. The average molecular weight is 802 g/mol. The number of nitrogens with zero attached hydrogens (tertiary/aromatic N) is 3. The predicted molar refractivity (Wildman–Crippen MR) is 222 cm³/mol. The Hall–Kier alpha value is -7.34. The van der Waals surface area contributed by atoms with Crippen molar-refractivity contribution in [2.24, 2.45) is 0 Å².